The van der Waals surface area contributed by atoms with Crippen LogP contribution in [0.5, 0.6) is 5.75 Å². The van der Waals surface area contributed by atoms with Gasteiger partial charge in [0.2, 0.25) is 0 Å². The fourth-order valence-electron chi connectivity index (χ4n) is 0.688. The average Bonchev–Trinajstić information content (AvgIpc) is 1.99. The Hall–Kier alpha value is 0.476. The minimum Gasteiger partial charge on any atom is -0.493 e. The number of rotatable bonds is 3. The van der Waals surface area contributed by atoms with E-state index in [1.54, 1.807) is 0 Å². The molecule has 0 spiro atoms. The molecule has 0 aromatic heterocycles. The normalized spacial score (nSPS) is 9.15. The van der Waals surface area contributed by atoms with Crippen LogP contribution in [0.2, 0.25) is 0 Å². The Morgan fingerprint density at radius 3 is 2.31 bits per heavy atom. The molecule has 0 N–H and O–H groups in total. The third kappa shape index (κ3) is 5.04. The quantitative estimate of drug-likeness (QED) is 0.354. The molecular formula is C8H7F2KO2. The Morgan fingerprint density at radius 2 is 1.85 bits per heavy atom. The SMILES string of the molecule is COCOc1cc(F)[c-]c(F)c1.[K+]. The maximum Gasteiger partial charge on any atom is 1.00 e. The molecule has 0 atom stereocenters. The zero-order valence-electron chi connectivity index (χ0n) is 7.43. The molecule has 1 rings (SSSR count). The van der Waals surface area contributed by atoms with Crippen molar-refractivity contribution in [2.45, 2.75) is 0 Å². The van der Waals surface area contributed by atoms with Gasteiger partial charge < -0.3 is 9.47 Å². The van der Waals surface area contributed by atoms with Crippen LogP contribution >= 0.6 is 0 Å². The first-order valence-electron chi connectivity index (χ1n) is 3.22. The summed E-state index contributed by atoms with van der Waals surface area (Å²) < 4.78 is 34.2. The molecule has 1 aromatic rings. The third-order valence-electron chi connectivity index (χ3n) is 1.12. The maximum atomic E-state index is 12.4. The van der Waals surface area contributed by atoms with Crippen LogP contribution < -0.4 is 56.1 Å². The predicted molar refractivity (Wildman–Crippen MR) is 37.7 cm³/mol. The Labute approximate surface area is 118 Å². The van der Waals surface area contributed by atoms with Gasteiger partial charge in [0.15, 0.2) is 6.79 Å². The molecule has 13 heavy (non-hydrogen) atoms. The minimum atomic E-state index is -0.791. The summed E-state index contributed by atoms with van der Waals surface area (Å²) in [6.45, 7) is -0.0388. The van der Waals surface area contributed by atoms with Crippen LogP contribution in [0.25, 0.3) is 0 Å². The van der Waals surface area contributed by atoms with E-state index in [1.165, 1.54) is 7.11 Å². The average molecular weight is 212 g/mol. The first kappa shape index (κ1) is 13.5. The van der Waals surface area contributed by atoms with Gasteiger partial charge in [-0.15, -0.1) is 6.07 Å². The van der Waals surface area contributed by atoms with Crippen molar-refractivity contribution in [1.29, 1.82) is 0 Å². The third-order valence-corrected chi connectivity index (χ3v) is 1.12. The summed E-state index contributed by atoms with van der Waals surface area (Å²) in [5.41, 5.74) is 0. The van der Waals surface area contributed by atoms with Crippen LogP contribution in [0, 0.1) is 17.7 Å². The van der Waals surface area contributed by atoms with Crippen molar-refractivity contribution in [2.24, 2.45) is 0 Å². The Kier molecular flexibility index (Phi) is 7.11. The van der Waals surface area contributed by atoms with Crippen molar-refractivity contribution in [1.82, 2.24) is 0 Å². The van der Waals surface area contributed by atoms with E-state index in [0.717, 1.165) is 12.1 Å². The Morgan fingerprint density at radius 1 is 1.31 bits per heavy atom. The van der Waals surface area contributed by atoms with Crippen LogP contribution in [0.4, 0.5) is 8.78 Å². The summed E-state index contributed by atoms with van der Waals surface area (Å²) in [4.78, 5) is 0. The monoisotopic (exact) mass is 212 g/mol. The van der Waals surface area contributed by atoms with Crippen LogP contribution in [0.3, 0.4) is 0 Å². The summed E-state index contributed by atoms with van der Waals surface area (Å²) in [7, 11) is 1.42. The number of hydrogen-bond acceptors (Lipinski definition) is 2. The van der Waals surface area contributed by atoms with E-state index < -0.39 is 11.6 Å². The zero-order valence-corrected chi connectivity index (χ0v) is 10.6. The summed E-state index contributed by atoms with van der Waals surface area (Å²) in [6, 6.07) is 3.89. The zero-order chi connectivity index (χ0) is 8.97. The Balaban J connectivity index is 0.00000144. The van der Waals surface area contributed by atoms with E-state index in [1.807, 2.05) is 6.07 Å². The number of halogens is 2. The molecule has 0 saturated heterocycles. The molecule has 0 bridgehead atoms. The van der Waals surface area contributed by atoms with E-state index in [2.05, 4.69) is 4.74 Å². The van der Waals surface area contributed by atoms with E-state index in [-0.39, 0.29) is 63.9 Å². The summed E-state index contributed by atoms with van der Waals surface area (Å²) in [6.07, 6.45) is 0. The summed E-state index contributed by atoms with van der Waals surface area (Å²) >= 11 is 0. The first-order chi connectivity index (χ1) is 5.72. The van der Waals surface area contributed by atoms with Crippen LogP contribution in [-0.2, 0) is 4.74 Å². The van der Waals surface area contributed by atoms with Gasteiger partial charge >= 0.3 is 51.4 Å². The van der Waals surface area contributed by atoms with Gasteiger partial charge in [0, 0.05) is 24.5 Å². The molecule has 66 valence electrons. The minimum absolute atomic E-state index is 0. The number of methoxy groups -OCH3 is 1. The fraction of sp³-hybridized carbons (Fsp3) is 0.250. The van der Waals surface area contributed by atoms with E-state index >= 15 is 0 Å². The molecule has 1 aromatic carbocycles. The van der Waals surface area contributed by atoms with Gasteiger partial charge in [0.25, 0.3) is 0 Å². The van der Waals surface area contributed by atoms with Crippen LogP contribution in [0.15, 0.2) is 12.1 Å². The molecule has 0 fully saturated rings. The van der Waals surface area contributed by atoms with Crippen molar-refractivity contribution >= 4 is 0 Å². The van der Waals surface area contributed by atoms with Crippen molar-refractivity contribution < 1.29 is 69.6 Å². The van der Waals surface area contributed by atoms with Gasteiger partial charge in [-0.3, -0.25) is 0 Å². The molecule has 0 aliphatic rings. The second-order valence-electron chi connectivity index (χ2n) is 2.06. The van der Waals surface area contributed by atoms with Gasteiger partial charge in [0.1, 0.15) is 0 Å². The number of hydrogen-bond donors (Lipinski definition) is 0. The molecule has 0 unspecified atom stereocenters. The molecule has 0 aliphatic heterocycles. The predicted octanol–water partition coefficient (Wildman–Crippen LogP) is -1.25. The second kappa shape index (κ2) is 6.86. The fourth-order valence-corrected chi connectivity index (χ4v) is 0.688. The molecule has 0 saturated carbocycles. The summed E-state index contributed by atoms with van der Waals surface area (Å²) in [5.74, 6) is -1.49. The topological polar surface area (TPSA) is 18.5 Å². The van der Waals surface area contributed by atoms with E-state index in [0.29, 0.717) is 0 Å². The van der Waals surface area contributed by atoms with Crippen molar-refractivity contribution in [2.75, 3.05) is 13.9 Å². The second-order valence-corrected chi connectivity index (χ2v) is 2.06. The van der Waals surface area contributed by atoms with Gasteiger partial charge in [-0.2, -0.15) is 0 Å². The van der Waals surface area contributed by atoms with E-state index in [4.69, 9.17) is 4.74 Å². The standard InChI is InChI=1S/C8H7F2O2.K/c1-11-5-12-8-3-6(9)2-7(10)4-8;/h3-4H,5H2,1H3;/q-1;+1. The van der Waals surface area contributed by atoms with Gasteiger partial charge in [-0.25, -0.2) is 8.78 Å². The van der Waals surface area contributed by atoms with E-state index in [9.17, 15) is 8.78 Å². The van der Waals surface area contributed by atoms with Gasteiger partial charge in [-0.05, 0) is 0 Å². The smallest absolute Gasteiger partial charge is 0.493 e. The molecule has 0 aliphatic carbocycles. The maximum absolute atomic E-state index is 12.4. The van der Waals surface area contributed by atoms with Crippen molar-refractivity contribution in [3.05, 3.63) is 29.8 Å². The van der Waals surface area contributed by atoms with Crippen molar-refractivity contribution in [3.8, 4) is 5.75 Å². The van der Waals surface area contributed by atoms with Crippen molar-refractivity contribution in [3.63, 3.8) is 0 Å². The Bertz CT molecular complexity index is 248. The molecule has 0 radical (unpaired) electrons. The van der Waals surface area contributed by atoms with Crippen LogP contribution in [-0.4, -0.2) is 13.9 Å². The van der Waals surface area contributed by atoms with Gasteiger partial charge in [-0.1, -0.05) is 12.1 Å². The summed E-state index contributed by atoms with van der Waals surface area (Å²) in [5, 5.41) is 0. The first-order valence-corrected chi connectivity index (χ1v) is 3.22. The van der Waals surface area contributed by atoms with Gasteiger partial charge in [0.05, 0.1) is 0 Å². The number of benzene rings is 1. The molecule has 5 heteroatoms. The molecule has 2 nitrogen and oxygen atoms in total. The number of ether oxygens (including phenoxy) is 2. The molecule has 0 amide bonds. The molecule has 0 heterocycles. The largest absolute Gasteiger partial charge is 1.00 e. The van der Waals surface area contributed by atoms with Crippen LogP contribution in [0.1, 0.15) is 0 Å². The molecular weight excluding hydrogens is 205 g/mol.